The lowest BCUT2D eigenvalue weighted by molar-refractivity contribution is 0.0946. The molecule has 2 heterocycles. The first-order chi connectivity index (χ1) is 15.7. The van der Waals surface area contributed by atoms with E-state index >= 15 is 0 Å². The number of nitrogens with one attached hydrogen (secondary N) is 1. The summed E-state index contributed by atoms with van der Waals surface area (Å²) >= 11 is 0. The van der Waals surface area contributed by atoms with Gasteiger partial charge in [-0.15, -0.1) is 0 Å². The summed E-state index contributed by atoms with van der Waals surface area (Å²) in [5.41, 5.74) is 5.96. The van der Waals surface area contributed by atoms with E-state index in [-0.39, 0.29) is 17.9 Å². The van der Waals surface area contributed by atoms with Crippen molar-refractivity contribution in [3.05, 3.63) is 88.6 Å². The summed E-state index contributed by atoms with van der Waals surface area (Å²) in [6, 6.07) is 17.7. The van der Waals surface area contributed by atoms with Crippen LogP contribution in [0.5, 0.6) is 0 Å². The minimum atomic E-state index is -0.193. The smallest absolute Gasteiger partial charge is 0.251 e. The van der Waals surface area contributed by atoms with E-state index in [0.29, 0.717) is 23.8 Å². The molecule has 1 N–H and O–H groups in total. The fraction of sp³-hybridized carbons (Fsp3) is 0.308. The summed E-state index contributed by atoms with van der Waals surface area (Å²) in [6.07, 6.45) is 0. The lowest BCUT2D eigenvalue weighted by atomic mass is 9.87. The summed E-state index contributed by atoms with van der Waals surface area (Å²) in [7, 11) is 0. The van der Waals surface area contributed by atoms with Crippen LogP contribution < -0.4 is 5.32 Å². The normalized spacial score (nSPS) is 11.5. The summed E-state index contributed by atoms with van der Waals surface area (Å²) < 4.78 is 7.27. The van der Waals surface area contributed by atoms with Crippen LogP contribution in [-0.4, -0.2) is 25.8 Å². The summed E-state index contributed by atoms with van der Waals surface area (Å²) in [4.78, 5) is 16.9. The Morgan fingerprint density at radius 3 is 2.33 bits per heavy atom. The molecule has 0 fully saturated rings. The Kier molecular flexibility index (Phi) is 6.14. The number of hydrogen-bond acceptors (Lipinski definition) is 5. The van der Waals surface area contributed by atoms with Crippen LogP contribution in [0.3, 0.4) is 0 Å². The van der Waals surface area contributed by atoms with Gasteiger partial charge in [-0.1, -0.05) is 62.3 Å². The van der Waals surface area contributed by atoms with Gasteiger partial charge in [-0.3, -0.25) is 9.48 Å². The molecule has 170 valence electrons. The zero-order valence-electron chi connectivity index (χ0n) is 19.7. The number of hydrogen-bond donors (Lipinski definition) is 1. The second-order valence-corrected chi connectivity index (χ2v) is 9.30. The standard InChI is InChI=1S/C26H29N5O2/c1-17-14-18(2)31(29-17)16-19-6-8-21(9-7-19)25(32)27-15-23-28-24(30-33-23)20-10-12-22(13-11-20)26(3,4)5/h6-14H,15-16H2,1-5H3,(H,27,32). The highest BCUT2D eigenvalue weighted by Crippen LogP contribution is 2.25. The van der Waals surface area contributed by atoms with Crippen LogP contribution in [0.15, 0.2) is 59.1 Å². The van der Waals surface area contributed by atoms with Crippen molar-refractivity contribution in [2.24, 2.45) is 0 Å². The Bertz CT molecular complexity index is 1250. The van der Waals surface area contributed by atoms with Gasteiger partial charge in [-0.25, -0.2) is 0 Å². The maximum absolute atomic E-state index is 12.5. The molecule has 7 nitrogen and oxygen atoms in total. The van der Waals surface area contributed by atoms with Gasteiger partial charge in [-0.05, 0) is 48.6 Å². The Morgan fingerprint density at radius 1 is 1.03 bits per heavy atom. The van der Waals surface area contributed by atoms with Crippen molar-refractivity contribution in [3.8, 4) is 11.4 Å². The first kappa shape index (κ1) is 22.5. The van der Waals surface area contributed by atoms with Crippen LogP contribution in [0.2, 0.25) is 0 Å². The van der Waals surface area contributed by atoms with Gasteiger partial charge < -0.3 is 9.84 Å². The van der Waals surface area contributed by atoms with Gasteiger partial charge in [0.1, 0.15) is 0 Å². The zero-order valence-corrected chi connectivity index (χ0v) is 19.7. The molecule has 33 heavy (non-hydrogen) atoms. The van der Waals surface area contributed by atoms with Gasteiger partial charge in [0.05, 0.1) is 18.8 Å². The number of benzene rings is 2. The number of carbonyl (C=O) groups is 1. The monoisotopic (exact) mass is 443 g/mol. The molecule has 4 aromatic rings. The number of carbonyl (C=O) groups excluding carboxylic acids is 1. The summed E-state index contributed by atoms with van der Waals surface area (Å²) in [5.74, 6) is 0.676. The Balaban J connectivity index is 1.34. The minimum absolute atomic E-state index is 0.0839. The highest BCUT2D eigenvalue weighted by atomic mass is 16.5. The molecule has 0 bridgehead atoms. The third kappa shape index (κ3) is 5.37. The van der Waals surface area contributed by atoms with Crippen LogP contribution in [0.1, 0.15) is 59.5 Å². The second kappa shape index (κ2) is 9.02. The number of aromatic nitrogens is 4. The van der Waals surface area contributed by atoms with E-state index in [1.807, 2.05) is 61.0 Å². The van der Waals surface area contributed by atoms with Gasteiger partial charge in [-0.2, -0.15) is 10.1 Å². The lowest BCUT2D eigenvalue weighted by Gasteiger charge is -2.18. The number of amides is 1. The maximum atomic E-state index is 12.5. The van der Waals surface area contributed by atoms with E-state index in [1.54, 1.807) is 0 Å². The van der Waals surface area contributed by atoms with Gasteiger partial charge in [0, 0.05) is 16.8 Å². The molecule has 1 amide bonds. The minimum Gasteiger partial charge on any atom is -0.343 e. The SMILES string of the molecule is Cc1cc(C)n(Cc2ccc(C(=O)NCc3nc(-c4ccc(C(C)(C)C)cc4)no3)cc2)n1. The predicted octanol–water partition coefficient (Wildman–Crippen LogP) is 4.83. The van der Waals surface area contributed by atoms with E-state index in [9.17, 15) is 4.79 Å². The Hall–Kier alpha value is -3.74. The first-order valence-corrected chi connectivity index (χ1v) is 11.0. The summed E-state index contributed by atoms with van der Waals surface area (Å²) in [6.45, 7) is 11.4. The molecule has 0 spiro atoms. The van der Waals surface area contributed by atoms with Crippen molar-refractivity contribution in [3.63, 3.8) is 0 Å². The van der Waals surface area contributed by atoms with Gasteiger partial charge >= 0.3 is 0 Å². The van der Waals surface area contributed by atoms with Gasteiger partial charge in [0.25, 0.3) is 5.91 Å². The molecule has 0 saturated carbocycles. The highest BCUT2D eigenvalue weighted by molar-refractivity contribution is 5.94. The van der Waals surface area contributed by atoms with Crippen LogP contribution in [0.25, 0.3) is 11.4 Å². The number of nitrogens with zero attached hydrogens (tertiary/aromatic N) is 4. The molecule has 2 aromatic heterocycles. The van der Waals surface area contributed by atoms with Crippen molar-refractivity contribution >= 4 is 5.91 Å². The molecule has 4 rings (SSSR count). The molecule has 0 saturated heterocycles. The van der Waals surface area contributed by atoms with Gasteiger partial charge in [0.15, 0.2) is 0 Å². The molecular formula is C26H29N5O2. The number of rotatable bonds is 6. The largest absolute Gasteiger partial charge is 0.343 e. The fourth-order valence-electron chi connectivity index (χ4n) is 3.59. The zero-order chi connectivity index (χ0) is 23.6. The van der Waals surface area contributed by atoms with Crippen molar-refractivity contribution in [2.45, 2.75) is 53.1 Å². The highest BCUT2D eigenvalue weighted by Gasteiger charge is 2.15. The molecule has 0 aliphatic rings. The Morgan fingerprint density at radius 2 is 1.73 bits per heavy atom. The van der Waals surface area contributed by atoms with Gasteiger partial charge in [0.2, 0.25) is 11.7 Å². The topological polar surface area (TPSA) is 85.8 Å². The molecule has 7 heteroatoms. The molecule has 2 aromatic carbocycles. The summed E-state index contributed by atoms with van der Waals surface area (Å²) in [5, 5.41) is 11.4. The van der Waals surface area contributed by atoms with Crippen molar-refractivity contribution < 1.29 is 9.32 Å². The second-order valence-electron chi connectivity index (χ2n) is 9.30. The van der Waals surface area contributed by atoms with E-state index in [1.165, 1.54) is 5.56 Å². The number of aryl methyl sites for hydroxylation is 2. The molecule has 0 unspecified atom stereocenters. The lowest BCUT2D eigenvalue weighted by Crippen LogP contribution is -2.23. The molecule has 0 atom stereocenters. The molecule has 0 aliphatic heterocycles. The van der Waals surface area contributed by atoms with E-state index in [4.69, 9.17) is 4.52 Å². The van der Waals surface area contributed by atoms with E-state index < -0.39 is 0 Å². The van der Waals surface area contributed by atoms with Crippen LogP contribution in [0, 0.1) is 13.8 Å². The van der Waals surface area contributed by atoms with E-state index in [2.05, 4.69) is 53.5 Å². The third-order valence-corrected chi connectivity index (χ3v) is 5.53. The van der Waals surface area contributed by atoms with Crippen LogP contribution in [-0.2, 0) is 18.5 Å². The van der Waals surface area contributed by atoms with Crippen LogP contribution in [0.4, 0.5) is 0 Å². The molecule has 0 radical (unpaired) electrons. The molecular weight excluding hydrogens is 414 g/mol. The Labute approximate surface area is 193 Å². The molecule has 0 aliphatic carbocycles. The fourth-order valence-corrected chi connectivity index (χ4v) is 3.59. The average molecular weight is 444 g/mol. The van der Waals surface area contributed by atoms with Crippen molar-refractivity contribution in [1.82, 2.24) is 25.2 Å². The quantitative estimate of drug-likeness (QED) is 0.461. The average Bonchev–Trinajstić information content (AvgIpc) is 3.38. The van der Waals surface area contributed by atoms with Crippen molar-refractivity contribution in [2.75, 3.05) is 0 Å². The predicted molar refractivity (Wildman–Crippen MR) is 127 cm³/mol. The van der Waals surface area contributed by atoms with E-state index in [0.717, 1.165) is 22.5 Å². The first-order valence-electron chi connectivity index (χ1n) is 11.0. The van der Waals surface area contributed by atoms with Crippen molar-refractivity contribution in [1.29, 1.82) is 0 Å². The maximum Gasteiger partial charge on any atom is 0.251 e. The van der Waals surface area contributed by atoms with Crippen LogP contribution >= 0.6 is 0 Å². The third-order valence-electron chi connectivity index (χ3n) is 5.53.